The van der Waals surface area contributed by atoms with Gasteiger partial charge in [0.15, 0.2) is 0 Å². The maximum absolute atomic E-state index is 11.1. The molecule has 0 fully saturated rings. The zero-order valence-electron chi connectivity index (χ0n) is 9.10. The highest BCUT2D eigenvalue weighted by Crippen LogP contribution is 2.21. The molecule has 1 N–H and O–H groups in total. The molecule has 0 atom stereocenters. The summed E-state index contributed by atoms with van der Waals surface area (Å²) in [5, 5.41) is 7.93. The highest BCUT2D eigenvalue weighted by Gasteiger charge is 2.23. The Labute approximate surface area is 95.3 Å². The summed E-state index contributed by atoms with van der Waals surface area (Å²) in [6, 6.07) is 7.71. The Morgan fingerprint density at radius 3 is 2.69 bits per heavy atom. The summed E-state index contributed by atoms with van der Waals surface area (Å²) in [6.07, 6.45) is 1.22. The van der Waals surface area contributed by atoms with Crippen LogP contribution in [0.2, 0.25) is 0 Å². The van der Waals surface area contributed by atoms with Crippen LogP contribution in [-0.2, 0) is 16.4 Å². The van der Waals surface area contributed by atoms with Gasteiger partial charge < -0.3 is 4.90 Å². The Balaban J connectivity index is 2.11. The molecule has 0 spiro atoms. The third kappa shape index (κ3) is 2.24. The quantitative estimate of drug-likeness (QED) is 0.850. The van der Waals surface area contributed by atoms with Crippen molar-refractivity contribution in [3.63, 3.8) is 0 Å². The summed E-state index contributed by atoms with van der Waals surface area (Å²) in [7, 11) is -2.96. The Kier molecular flexibility index (Phi) is 2.71. The third-order valence-electron chi connectivity index (χ3n) is 2.68. The van der Waals surface area contributed by atoms with Gasteiger partial charge >= 0.3 is 0 Å². The number of nitrogens with one attached hydrogen (secondary N) is 1. The third-order valence-corrected chi connectivity index (χ3v) is 3.61. The normalized spacial score (nSPS) is 15.3. The first-order valence-corrected chi connectivity index (χ1v) is 7.13. The standard InChI is InChI=1S/C11H14N2O2S/c1-16(14,15)7-6-13-8-9-4-2-3-5-10(9)11(13)12/h2-5,12H,6-8H2,1H3. The van der Waals surface area contributed by atoms with Gasteiger partial charge in [0.2, 0.25) is 0 Å². The van der Waals surface area contributed by atoms with Crippen molar-refractivity contribution in [2.45, 2.75) is 6.54 Å². The Morgan fingerprint density at radius 1 is 1.38 bits per heavy atom. The molecule has 1 aromatic carbocycles. The number of sulfone groups is 1. The number of nitrogens with zero attached hydrogens (tertiary/aromatic N) is 1. The lowest BCUT2D eigenvalue weighted by atomic mass is 10.1. The zero-order chi connectivity index (χ0) is 11.8. The van der Waals surface area contributed by atoms with E-state index in [0.29, 0.717) is 18.9 Å². The highest BCUT2D eigenvalue weighted by molar-refractivity contribution is 7.90. The van der Waals surface area contributed by atoms with Crippen molar-refractivity contribution in [3.8, 4) is 0 Å². The number of hydrogen-bond acceptors (Lipinski definition) is 3. The molecule has 0 bridgehead atoms. The largest absolute Gasteiger partial charge is 0.351 e. The van der Waals surface area contributed by atoms with Gasteiger partial charge in [0.25, 0.3) is 0 Å². The lowest BCUT2D eigenvalue weighted by Crippen LogP contribution is -2.29. The van der Waals surface area contributed by atoms with Crippen LogP contribution in [0.25, 0.3) is 0 Å². The molecule has 1 aliphatic heterocycles. The van der Waals surface area contributed by atoms with Gasteiger partial charge in [0.1, 0.15) is 15.7 Å². The minimum atomic E-state index is -2.96. The molecule has 0 radical (unpaired) electrons. The maximum atomic E-state index is 11.1. The first-order chi connectivity index (χ1) is 7.47. The summed E-state index contributed by atoms with van der Waals surface area (Å²) < 4.78 is 22.1. The summed E-state index contributed by atoms with van der Waals surface area (Å²) >= 11 is 0. The number of rotatable bonds is 3. The van der Waals surface area contributed by atoms with Crippen LogP contribution in [0.15, 0.2) is 24.3 Å². The van der Waals surface area contributed by atoms with E-state index in [0.717, 1.165) is 11.1 Å². The number of benzene rings is 1. The Hall–Kier alpha value is -1.36. The van der Waals surface area contributed by atoms with Crippen molar-refractivity contribution < 1.29 is 8.42 Å². The van der Waals surface area contributed by atoms with Gasteiger partial charge in [0, 0.05) is 24.9 Å². The minimum Gasteiger partial charge on any atom is -0.351 e. The SMILES string of the molecule is CS(=O)(=O)CCN1Cc2ccccc2C1=N. The van der Waals surface area contributed by atoms with Crippen LogP contribution in [0.1, 0.15) is 11.1 Å². The predicted molar refractivity (Wildman–Crippen MR) is 63.4 cm³/mol. The van der Waals surface area contributed by atoms with Crippen LogP contribution in [0.5, 0.6) is 0 Å². The molecule has 1 heterocycles. The molecule has 0 aromatic heterocycles. The van der Waals surface area contributed by atoms with Gasteiger partial charge in [-0.3, -0.25) is 5.41 Å². The van der Waals surface area contributed by atoms with E-state index >= 15 is 0 Å². The van der Waals surface area contributed by atoms with Gasteiger partial charge in [-0.25, -0.2) is 8.42 Å². The number of amidine groups is 1. The molecule has 1 aliphatic rings. The second-order valence-corrected chi connectivity index (χ2v) is 6.32. The first-order valence-electron chi connectivity index (χ1n) is 5.07. The van der Waals surface area contributed by atoms with Crippen LogP contribution in [-0.4, -0.2) is 37.7 Å². The van der Waals surface area contributed by atoms with Crippen molar-refractivity contribution >= 4 is 15.7 Å². The van der Waals surface area contributed by atoms with Crippen molar-refractivity contribution in [1.82, 2.24) is 4.90 Å². The maximum Gasteiger partial charge on any atom is 0.149 e. The van der Waals surface area contributed by atoms with Gasteiger partial charge in [-0.1, -0.05) is 24.3 Å². The number of fused-ring (bicyclic) bond motifs is 1. The summed E-state index contributed by atoms with van der Waals surface area (Å²) in [5.74, 6) is 0.530. The molecule has 4 nitrogen and oxygen atoms in total. The fourth-order valence-electron chi connectivity index (χ4n) is 1.81. The molecule has 16 heavy (non-hydrogen) atoms. The molecule has 0 unspecified atom stereocenters. The van der Waals surface area contributed by atoms with E-state index in [1.165, 1.54) is 6.26 Å². The van der Waals surface area contributed by atoms with E-state index in [1.54, 1.807) is 4.90 Å². The Morgan fingerprint density at radius 2 is 2.06 bits per heavy atom. The first kappa shape index (κ1) is 11.1. The fourth-order valence-corrected chi connectivity index (χ4v) is 2.36. The molecule has 0 amide bonds. The van der Waals surface area contributed by atoms with E-state index in [-0.39, 0.29) is 5.75 Å². The topological polar surface area (TPSA) is 61.2 Å². The second-order valence-electron chi connectivity index (χ2n) is 4.06. The van der Waals surface area contributed by atoms with Crippen molar-refractivity contribution in [1.29, 1.82) is 5.41 Å². The van der Waals surface area contributed by atoms with E-state index < -0.39 is 9.84 Å². The van der Waals surface area contributed by atoms with Crippen LogP contribution in [0, 0.1) is 5.41 Å². The van der Waals surface area contributed by atoms with Crippen LogP contribution >= 0.6 is 0 Å². The Bertz CT molecular complexity index is 523. The van der Waals surface area contributed by atoms with Crippen molar-refractivity contribution in [3.05, 3.63) is 35.4 Å². The molecule has 86 valence electrons. The van der Waals surface area contributed by atoms with E-state index in [4.69, 9.17) is 5.41 Å². The molecule has 2 rings (SSSR count). The van der Waals surface area contributed by atoms with Crippen LogP contribution in [0.3, 0.4) is 0 Å². The summed E-state index contributed by atoms with van der Waals surface area (Å²) in [4.78, 5) is 1.80. The number of hydrogen-bond donors (Lipinski definition) is 1. The smallest absolute Gasteiger partial charge is 0.149 e. The minimum absolute atomic E-state index is 0.101. The summed E-state index contributed by atoms with van der Waals surface area (Å²) in [5.41, 5.74) is 2.01. The molecule has 0 saturated carbocycles. The van der Waals surface area contributed by atoms with Crippen LogP contribution < -0.4 is 0 Å². The molecule has 0 aliphatic carbocycles. The highest BCUT2D eigenvalue weighted by atomic mass is 32.2. The van der Waals surface area contributed by atoms with Crippen molar-refractivity contribution in [2.24, 2.45) is 0 Å². The lowest BCUT2D eigenvalue weighted by molar-refractivity contribution is 0.451. The fraction of sp³-hybridized carbons (Fsp3) is 0.364. The molecular formula is C11H14N2O2S. The summed E-state index contributed by atoms with van der Waals surface area (Å²) in [6.45, 7) is 1.04. The van der Waals surface area contributed by atoms with Crippen LogP contribution in [0.4, 0.5) is 0 Å². The average Bonchev–Trinajstić information content (AvgIpc) is 2.53. The predicted octanol–water partition coefficient (Wildman–Crippen LogP) is 0.872. The molecule has 0 saturated heterocycles. The monoisotopic (exact) mass is 238 g/mol. The second kappa shape index (κ2) is 3.90. The molecular weight excluding hydrogens is 224 g/mol. The van der Waals surface area contributed by atoms with E-state index in [1.807, 2.05) is 24.3 Å². The molecule has 1 aromatic rings. The van der Waals surface area contributed by atoms with E-state index in [2.05, 4.69) is 0 Å². The van der Waals surface area contributed by atoms with Gasteiger partial charge in [-0.05, 0) is 5.56 Å². The van der Waals surface area contributed by atoms with E-state index in [9.17, 15) is 8.42 Å². The van der Waals surface area contributed by atoms with Gasteiger partial charge in [-0.15, -0.1) is 0 Å². The van der Waals surface area contributed by atoms with Gasteiger partial charge in [-0.2, -0.15) is 0 Å². The molecule has 5 heteroatoms. The zero-order valence-corrected chi connectivity index (χ0v) is 9.92. The van der Waals surface area contributed by atoms with Crippen molar-refractivity contribution in [2.75, 3.05) is 18.6 Å². The van der Waals surface area contributed by atoms with Gasteiger partial charge in [0.05, 0.1) is 5.75 Å². The average molecular weight is 238 g/mol. The lowest BCUT2D eigenvalue weighted by Gasteiger charge is -2.16.